The van der Waals surface area contributed by atoms with Gasteiger partial charge in [0.15, 0.2) is 0 Å². The van der Waals surface area contributed by atoms with Crippen LogP contribution in [-0.4, -0.2) is 55.0 Å². The van der Waals surface area contributed by atoms with E-state index in [1.165, 1.54) is 17.7 Å². The molecule has 144 valence electrons. The number of hydrogen-bond donors (Lipinski definition) is 0. The van der Waals surface area contributed by atoms with E-state index in [0.29, 0.717) is 18.8 Å². The van der Waals surface area contributed by atoms with E-state index in [4.69, 9.17) is 4.74 Å². The summed E-state index contributed by atoms with van der Waals surface area (Å²) >= 11 is 0. The zero-order chi connectivity index (χ0) is 19.1. The van der Waals surface area contributed by atoms with Crippen molar-refractivity contribution in [2.24, 2.45) is 0 Å². The number of ether oxygens (including phenoxy) is 1. The fraction of sp³-hybridized carbons (Fsp3) is 0.409. The maximum atomic E-state index is 12.9. The minimum absolute atomic E-state index is 0.212. The summed E-state index contributed by atoms with van der Waals surface area (Å²) in [4.78, 5) is 16.9. The number of rotatable bonds is 7. The molecule has 0 N–H and O–H groups in total. The molecule has 1 heterocycles. The number of hydrogen-bond acceptors (Lipinski definition) is 3. The Labute approximate surface area is 160 Å². The van der Waals surface area contributed by atoms with Crippen LogP contribution in [0, 0.1) is 12.7 Å². The summed E-state index contributed by atoms with van der Waals surface area (Å²) in [5.41, 5.74) is 2.29. The van der Waals surface area contributed by atoms with Gasteiger partial charge >= 0.3 is 0 Å². The summed E-state index contributed by atoms with van der Waals surface area (Å²) in [6.07, 6.45) is 1.40. The predicted molar refractivity (Wildman–Crippen MR) is 104 cm³/mol. The third kappa shape index (κ3) is 5.79. The van der Waals surface area contributed by atoms with Gasteiger partial charge in [0.05, 0.1) is 13.0 Å². The Balaban J connectivity index is 1.34. The topological polar surface area (TPSA) is 32.8 Å². The van der Waals surface area contributed by atoms with E-state index in [1.54, 1.807) is 12.1 Å². The zero-order valence-electron chi connectivity index (χ0n) is 15.9. The molecule has 0 aliphatic carbocycles. The largest absolute Gasteiger partial charge is 0.494 e. The molecule has 1 saturated heterocycles. The summed E-state index contributed by atoms with van der Waals surface area (Å²) in [7, 11) is 0. The maximum Gasteiger partial charge on any atom is 0.227 e. The van der Waals surface area contributed by atoms with E-state index in [-0.39, 0.29) is 11.7 Å². The van der Waals surface area contributed by atoms with Crippen LogP contribution in [0.15, 0.2) is 48.5 Å². The van der Waals surface area contributed by atoms with Crippen molar-refractivity contribution in [1.82, 2.24) is 9.80 Å². The SMILES string of the molecule is Cc1ccccc1CC(=O)N1CCN(CCCOc2ccc(F)cc2)CC1. The lowest BCUT2D eigenvalue weighted by atomic mass is 10.1. The molecule has 3 rings (SSSR count). The Morgan fingerprint density at radius 3 is 2.44 bits per heavy atom. The van der Waals surface area contributed by atoms with Gasteiger partial charge in [-0.3, -0.25) is 9.69 Å². The molecule has 0 bridgehead atoms. The van der Waals surface area contributed by atoms with Crippen molar-refractivity contribution >= 4 is 5.91 Å². The zero-order valence-corrected chi connectivity index (χ0v) is 15.9. The lowest BCUT2D eigenvalue weighted by molar-refractivity contribution is -0.132. The molecule has 0 unspecified atom stereocenters. The van der Waals surface area contributed by atoms with Gasteiger partial charge in [0, 0.05) is 32.7 Å². The fourth-order valence-corrected chi connectivity index (χ4v) is 3.31. The van der Waals surface area contributed by atoms with Gasteiger partial charge in [-0.1, -0.05) is 24.3 Å². The molecule has 0 radical (unpaired) electrons. The van der Waals surface area contributed by atoms with Crippen LogP contribution in [0.3, 0.4) is 0 Å². The van der Waals surface area contributed by atoms with Crippen molar-refractivity contribution in [3.8, 4) is 5.75 Å². The van der Waals surface area contributed by atoms with Gasteiger partial charge in [-0.25, -0.2) is 4.39 Å². The first-order valence-electron chi connectivity index (χ1n) is 9.55. The van der Waals surface area contributed by atoms with Gasteiger partial charge in [-0.15, -0.1) is 0 Å². The van der Waals surface area contributed by atoms with Crippen molar-refractivity contribution < 1.29 is 13.9 Å². The molecule has 27 heavy (non-hydrogen) atoms. The average molecular weight is 370 g/mol. The highest BCUT2D eigenvalue weighted by Crippen LogP contribution is 2.13. The summed E-state index contributed by atoms with van der Waals surface area (Å²) in [5, 5.41) is 0. The Hall–Kier alpha value is -2.40. The molecule has 2 aromatic carbocycles. The lowest BCUT2D eigenvalue weighted by Crippen LogP contribution is -2.49. The molecule has 0 spiro atoms. The Morgan fingerprint density at radius 2 is 1.74 bits per heavy atom. The highest BCUT2D eigenvalue weighted by atomic mass is 19.1. The van der Waals surface area contributed by atoms with E-state index >= 15 is 0 Å². The van der Waals surface area contributed by atoms with Crippen LogP contribution in [-0.2, 0) is 11.2 Å². The Morgan fingerprint density at radius 1 is 1.04 bits per heavy atom. The number of carbonyl (C=O) groups is 1. The van der Waals surface area contributed by atoms with Crippen LogP contribution in [0.4, 0.5) is 4.39 Å². The number of piperazine rings is 1. The van der Waals surface area contributed by atoms with Crippen molar-refractivity contribution in [3.05, 3.63) is 65.5 Å². The lowest BCUT2D eigenvalue weighted by Gasteiger charge is -2.34. The van der Waals surface area contributed by atoms with Crippen LogP contribution in [0.2, 0.25) is 0 Å². The second-order valence-electron chi connectivity index (χ2n) is 6.98. The van der Waals surface area contributed by atoms with Crippen LogP contribution >= 0.6 is 0 Å². The number of nitrogens with zero attached hydrogens (tertiary/aromatic N) is 2. The van der Waals surface area contributed by atoms with Crippen LogP contribution in [0.1, 0.15) is 17.5 Å². The first-order chi connectivity index (χ1) is 13.1. The van der Waals surface area contributed by atoms with Gasteiger partial charge in [0.25, 0.3) is 0 Å². The summed E-state index contributed by atoms with van der Waals surface area (Å²) in [6.45, 7) is 6.97. The Kier molecular flexibility index (Phi) is 6.82. The van der Waals surface area contributed by atoms with E-state index in [0.717, 1.165) is 44.7 Å². The van der Waals surface area contributed by atoms with Crippen LogP contribution in [0.25, 0.3) is 0 Å². The fourth-order valence-electron chi connectivity index (χ4n) is 3.31. The van der Waals surface area contributed by atoms with Crippen LogP contribution in [0.5, 0.6) is 5.75 Å². The van der Waals surface area contributed by atoms with Gasteiger partial charge in [0.2, 0.25) is 5.91 Å². The average Bonchev–Trinajstić information content (AvgIpc) is 2.69. The van der Waals surface area contributed by atoms with Crippen molar-refractivity contribution in [2.45, 2.75) is 19.8 Å². The summed E-state index contributed by atoms with van der Waals surface area (Å²) in [6, 6.07) is 14.2. The van der Waals surface area contributed by atoms with Crippen molar-refractivity contribution in [3.63, 3.8) is 0 Å². The number of benzene rings is 2. The Bertz CT molecular complexity index is 740. The molecule has 1 fully saturated rings. The molecule has 4 nitrogen and oxygen atoms in total. The maximum absolute atomic E-state index is 12.9. The van der Waals surface area contributed by atoms with Gasteiger partial charge in [0.1, 0.15) is 11.6 Å². The highest BCUT2D eigenvalue weighted by Gasteiger charge is 2.21. The second kappa shape index (κ2) is 9.51. The summed E-state index contributed by atoms with van der Waals surface area (Å²) < 4.78 is 18.5. The molecule has 0 aromatic heterocycles. The van der Waals surface area contributed by atoms with Crippen molar-refractivity contribution in [2.75, 3.05) is 39.3 Å². The molecular weight excluding hydrogens is 343 g/mol. The van der Waals surface area contributed by atoms with Crippen LogP contribution < -0.4 is 4.74 Å². The van der Waals surface area contributed by atoms with Gasteiger partial charge in [-0.05, 0) is 48.7 Å². The number of halogens is 1. The minimum atomic E-state index is -0.253. The normalized spacial score (nSPS) is 15.0. The smallest absolute Gasteiger partial charge is 0.227 e. The summed E-state index contributed by atoms with van der Waals surface area (Å²) in [5.74, 6) is 0.656. The quantitative estimate of drug-likeness (QED) is 0.701. The molecule has 0 saturated carbocycles. The molecule has 1 aliphatic rings. The third-order valence-corrected chi connectivity index (χ3v) is 5.03. The van der Waals surface area contributed by atoms with E-state index in [1.807, 2.05) is 23.1 Å². The molecule has 5 heteroatoms. The first-order valence-corrected chi connectivity index (χ1v) is 9.55. The highest BCUT2D eigenvalue weighted by molar-refractivity contribution is 5.79. The number of carbonyl (C=O) groups excluding carboxylic acids is 1. The number of amides is 1. The molecule has 1 aliphatic heterocycles. The molecular formula is C22H27FN2O2. The standard InChI is InChI=1S/C22H27FN2O2/c1-18-5-2-3-6-19(18)17-22(26)25-14-12-24(13-15-25)11-4-16-27-21-9-7-20(23)8-10-21/h2-3,5-10H,4,11-17H2,1H3. The van der Waals surface area contributed by atoms with E-state index in [9.17, 15) is 9.18 Å². The monoisotopic (exact) mass is 370 g/mol. The second-order valence-corrected chi connectivity index (χ2v) is 6.98. The minimum Gasteiger partial charge on any atom is -0.494 e. The van der Waals surface area contributed by atoms with E-state index in [2.05, 4.69) is 17.9 Å². The number of aryl methyl sites for hydroxylation is 1. The molecule has 1 amide bonds. The predicted octanol–water partition coefficient (Wildman–Crippen LogP) is 3.29. The molecule has 2 aromatic rings. The first kappa shape index (κ1) is 19.4. The van der Waals surface area contributed by atoms with Crippen molar-refractivity contribution in [1.29, 1.82) is 0 Å². The van der Waals surface area contributed by atoms with E-state index < -0.39 is 0 Å². The van der Waals surface area contributed by atoms with Gasteiger partial charge in [-0.2, -0.15) is 0 Å². The third-order valence-electron chi connectivity index (χ3n) is 5.03. The van der Waals surface area contributed by atoms with Gasteiger partial charge < -0.3 is 9.64 Å². The molecule has 0 atom stereocenters.